The van der Waals surface area contributed by atoms with Crippen molar-refractivity contribution in [1.82, 2.24) is 30.5 Å². The largest absolute Gasteiger partial charge is 0.351 e. The van der Waals surface area contributed by atoms with Gasteiger partial charge in [-0.15, -0.1) is 0 Å². The molecular weight excluding hydrogens is 256 g/mol. The zero-order valence-electron chi connectivity index (χ0n) is 9.43. The van der Waals surface area contributed by atoms with E-state index in [-0.39, 0.29) is 16.8 Å². The Balaban J connectivity index is 1.75. The molecule has 0 aliphatic heterocycles. The molecule has 0 aliphatic carbocycles. The minimum Gasteiger partial charge on any atom is -0.351 e. The van der Waals surface area contributed by atoms with Crippen LogP contribution in [0.5, 0.6) is 0 Å². The van der Waals surface area contributed by atoms with E-state index in [1.807, 2.05) is 0 Å². The predicted molar refractivity (Wildman–Crippen MR) is 64.1 cm³/mol. The van der Waals surface area contributed by atoms with Crippen molar-refractivity contribution in [1.29, 1.82) is 0 Å². The summed E-state index contributed by atoms with van der Waals surface area (Å²) in [5.74, 6) is 0.509. The molecule has 7 nitrogen and oxygen atoms in total. The van der Waals surface area contributed by atoms with Gasteiger partial charge in [-0.1, -0.05) is 11.6 Å². The number of hydrogen-bond donors (Lipinski definition) is 2. The summed E-state index contributed by atoms with van der Waals surface area (Å²) in [6.45, 7) is 0.522. The highest BCUT2D eigenvalue weighted by Crippen LogP contribution is 2.02. The van der Waals surface area contributed by atoms with Gasteiger partial charge in [-0.2, -0.15) is 5.10 Å². The van der Waals surface area contributed by atoms with Gasteiger partial charge < -0.3 is 5.32 Å². The summed E-state index contributed by atoms with van der Waals surface area (Å²) in [6, 6.07) is 0. The van der Waals surface area contributed by atoms with E-state index in [0.717, 1.165) is 18.7 Å². The smallest absolute Gasteiger partial charge is 0.271 e. The molecule has 94 valence electrons. The van der Waals surface area contributed by atoms with Gasteiger partial charge in [0.25, 0.3) is 5.91 Å². The summed E-state index contributed by atoms with van der Waals surface area (Å²) in [7, 11) is 0. The van der Waals surface area contributed by atoms with Gasteiger partial charge in [-0.3, -0.25) is 14.9 Å². The zero-order chi connectivity index (χ0) is 12.8. The Labute approximate surface area is 108 Å². The summed E-state index contributed by atoms with van der Waals surface area (Å²) in [5, 5.41) is 9.41. The van der Waals surface area contributed by atoms with E-state index in [4.69, 9.17) is 11.6 Å². The molecule has 2 heterocycles. The standard InChI is InChI=1S/C10H11ClN6O/c11-8-5-12-4-7(16-8)10(18)13-3-1-2-9-14-6-15-17-9/h4-6H,1-3H2,(H,13,18)(H,14,15,17). The monoisotopic (exact) mass is 266 g/mol. The Morgan fingerprint density at radius 3 is 3.06 bits per heavy atom. The van der Waals surface area contributed by atoms with Crippen LogP contribution in [0, 0.1) is 0 Å². The Morgan fingerprint density at radius 2 is 2.33 bits per heavy atom. The maximum Gasteiger partial charge on any atom is 0.271 e. The first-order valence-corrected chi connectivity index (χ1v) is 5.73. The first kappa shape index (κ1) is 12.4. The lowest BCUT2D eigenvalue weighted by Crippen LogP contribution is -2.25. The molecule has 8 heteroatoms. The molecule has 0 fully saturated rings. The number of aromatic nitrogens is 5. The van der Waals surface area contributed by atoms with E-state index in [9.17, 15) is 4.79 Å². The molecule has 0 aliphatic rings. The van der Waals surface area contributed by atoms with Crippen molar-refractivity contribution in [3.05, 3.63) is 35.4 Å². The van der Waals surface area contributed by atoms with Gasteiger partial charge in [-0.05, 0) is 6.42 Å². The third kappa shape index (κ3) is 3.49. The molecule has 0 bridgehead atoms. The number of amides is 1. The van der Waals surface area contributed by atoms with Crippen LogP contribution < -0.4 is 5.32 Å². The molecule has 2 rings (SSSR count). The predicted octanol–water partition coefficient (Wildman–Crippen LogP) is 0.611. The van der Waals surface area contributed by atoms with Crippen LogP contribution in [-0.4, -0.2) is 37.6 Å². The van der Waals surface area contributed by atoms with Gasteiger partial charge in [-0.25, -0.2) is 9.97 Å². The fourth-order valence-electron chi connectivity index (χ4n) is 1.35. The van der Waals surface area contributed by atoms with E-state index in [1.54, 1.807) is 0 Å². The minimum absolute atomic E-state index is 0.198. The maximum atomic E-state index is 11.7. The van der Waals surface area contributed by atoms with E-state index in [0.29, 0.717) is 6.54 Å². The minimum atomic E-state index is -0.289. The number of nitrogens with one attached hydrogen (secondary N) is 2. The van der Waals surface area contributed by atoms with Crippen LogP contribution in [0.2, 0.25) is 5.15 Å². The lowest BCUT2D eigenvalue weighted by molar-refractivity contribution is 0.0948. The van der Waals surface area contributed by atoms with Crippen LogP contribution in [-0.2, 0) is 6.42 Å². The maximum absolute atomic E-state index is 11.7. The average molecular weight is 267 g/mol. The molecule has 18 heavy (non-hydrogen) atoms. The second-order valence-corrected chi connectivity index (χ2v) is 3.91. The van der Waals surface area contributed by atoms with Gasteiger partial charge in [0.05, 0.1) is 12.4 Å². The number of rotatable bonds is 5. The molecule has 2 aromatic heterocycles. The molecule has 0 radical (unpaired) electrons. The third-order valence-corrected chi connectivity index (χ3v) is 2.36. The zero-order valence-corrected chi connectivity index (χ0v) is 10.2. The Kier molecular flexibility index (Phi) is 4.19. The second-order valence-electron chi connectivity index (χ2n) is 3.52. The van der Waals surface area contributed by atoms with Crippen molar-refractivity contribution in [2.24, 2.45) is 0 Å². The van der Waals surface area contributed by atoms with Crippen LogP contribution in [0.4, 0.5) is 0 Å². The van der Waals surface area contributed by atoms with Crippen LogP contribution in [0.3, 0.4) is 0 Å². The molecule has 1 amide bonds. The van der Waals surface area contributed by atoms with Gasteiger partial charge in [0.2, 0.25) is 0 Å². The highest BCUT2D eigenvalue weighted by Gasteiger charge is 2.07. The van der Waals surface area contributed by atoms with Crippen molar-refractivity contribution in [2.45, 2.75) is 12.8 Å². The number of halogens is 1. The highest BCUT2D eigenvalue weighted by atomic mass is 35.5. The number of aryl methyl sites for hydroxylation is 1. The number of aromatic amines is 1. The van der Waals surface area contributed by atoms with Crippen molar-refractivity contribution < 1.29 is 4.79 Å². The van der Waals surface area contributed by atoms with Crippen LogP contribution >= 0.6 is 11.6 Å². The number of hydrogen-bond acceptors (Lipinski definition) is 5. The average Bonchev–Trinajstić information content (AvgIpc) is 2.87. The molecular formula is C10H11ClN6O. The summed E-state index contributed by atoms with van der Waals surface area (Å²) < 4.78 is 0. The highest BCUT2D eigenvalue weighted by molar-refractivity contribution is 6.29. The summed E-state index contributed by atoms with van der Waals surface area (Å²) in [4.78, 5) is 23.3. The van der Waals surface area contributed by atoms with Crippen LogP contribution in [0.15, 0.2) is 18.7 Å². The second kappa shape index (κ2) is 6.06. The SMILES string of the molecule is O=C(NCCCc1ncn[nH]1)c1cncc(Cl)n1. The van der Waals surface area contributed by atoms with E-state index >= 15 is 0 Å². The first-order chi connectivity index (χ1) is 8.75. The fourth-order valence-corrected chi connectivity index (χ4v) is 1.50. The summed E-state index contributed by atoms with van der Waals surface area (Å²) in [6.07, 6.45) is 5.69. The molecule has 0 atom stereocenters. The summed E-state index contributed by atoms with van der Waals surface area (Å²) >= 11 is 5.64. The molecule has 2 aromatic rings. The first-order valence-electron chi connectivity index (χ1n) is 5.35. The molecule has 0 saturated carbocycles. The van der Waals surface area contributed by atoms with Crippen LogP contribution in [0.1, 0.15) is 22.7 Å². The quantitative estimate of drug-likeness (QED) is 0.773. The lowest BCUT2D eigenvalue weighted by atomic mass is 10.3. The molecule has 2 N–H and O–H groups in total. The van der Waals surface area contributed by atoms with E-state index in [2.05, 4.69) is 30.5 Å². The Hall–Kier alpha value is -2.02. The molecule has 0 saturated heterocycles. The van der Waals surface area contributed by atoms with Gasteiger partial charge in [0.15, 0.2) is 0 Å². The van der Waals surface area contributed by atoms with Gasteiger partial charge >= 0.3 is 0 Å². The number of carbonyl (C=O) groups is 1. The lowest BCUT2D eigenvalue weighted by Gasteiger charge is -2.03. The van der Waals surface area contributed by atoms with Crippen molar-refractivity contribution in [3.8, 4) is 0 Å². The van der Waals surface area contributed by atoms with Gasteiger partial charge in [0.1, 0.15) is 23.0 Å². The fraction of sp³-hybridized carbons (Fsp3) is 0.300. The van der Waals surface area contributed by atoms with E-state index < -0.39 is 0 Å². The summed E-state index contributed by atoms with van der Waals surface area (Å²) in [5.41, 5.74) is 0.210. The molecule has 0 unspecified atom stereocenters. The number of H-pyrrole nitrogens is 1. The van der Waals surface area contributed by atoms with Crippen molar-refractivity contribution >= 4 is 17.5 Å². The van der Waals surface area contributed by atoms with E-state index in [1.165, 1.54) is 18.7 Å². The Bertz CT molecular complexity index is 515. The topological polar surface area (TPSA) is 96.5 Å². The number of carbonyl (C=O) groups excluding carboxylic acids is 1. The molecule has 0 aromatic carbocycles. The number of nitrogens with zero attached hydrogens (tertiary/aromatic N) is 4. The van der Waals surface area contributed by atoms with Crippen LogP contribution in [0.25, 0.3) is 0 Å². The van der Waals surface area contributed by atoms with Crippen molar-refractivity contribution in [2.75, 3.05) is 6.54 Å². The normalized spacial score (nSPS) is 10.3. The van der Waals surface area contributed by atoms with Crippen molar-refractivity contribution in [3.63, 3.8) is 0 Å². The third-order valence-electron chi connectivity index (χ3n) is 2.18. The Morgan fingerprint density at radius 1 is 1.44 bits per heavy atom. The molecule has 0 spiro atoms. The van der Waals surface area contributed by atoms with Gasteiger partial charge in [0, 0.05) is 13.0 Å².